The first-order chi connectivity index (χ1) is 6.20. The van der Waals surface area contributed by atoms with E-state index >= 15 is 0 Å². The van der Waals surface area contributed by atoms with Gasteiger partial charge in [0.25, 0.3) is 0 Å². The van der Waals surface area contributed by atoms with E-state index in [4.69, 9.17) is 16.1 Å². The molecule has 0 saturated carbocycles. The standard InChI is InChI=1S/C10H15N3/c1-9(13)7-10(8-12)5-3-2-4-6-11/h7-8,12-13H,2-5H2,1H3/b10-7+,12-8?,13-9?. The zero-order valence-electron chi connectivity index (χ0n) is 7.93. The second-order valence-corrected chi connectivity index (χ2v) is 2.91. The van der Waals surface area contributed by atoms with E-state index in [0.717, 1.165) is 24.8 Å². The van der Waals surface area contributed by atoms with E-state index in [-0.39, 0.29) is 0 Å². The van der Waals surface area contributed by atoms with Crippen LogP contribution in [-0.2, 0) is 0 Å². The summed E-state index contributed by atoms with van der Waals surface area (Å²) in [7, 11) is 0. The smallest absolute Gasteiger partial charge is 0.0621 e. The lowest BCUT2D eigenvalue weighted by atomic mass is 10.1. The van der Waals surface area contributed by atoms with Crippen molar-refractivity contribution in [2.24, 2.45) is 0 Å². The number of allylic oxidation sites excluding steroid dienone is 2. The zero-order chi connectivity index (χ0) is 10.1. The molecule has 0 spiro atoms. The largest absolute Gasteiger partial charge is 0.308 e. The Balaban J connectivity index is 3.81. The summed E-state index contributed by atoms with van der Waals surface area (Å²) in [4.78, 5) is 0. The van der Waals surface area contributed by atoms with Crippen LogP contribution in [-0.4, -0.2) is 11.9 Å². The van der Waals surface area contributed by atoms with E-state index in [2.05, 4.69) is 6.07 Å². The number of unbranched alkanes of at least 4 members (excludes halogenated alkanes) is 2. The highest BCUT2D eigenvalue weighted by Gasteiger charge is 1.94. The Labute approximate surface area is 79.1 Å². The molecular formula is C10H15N3. The van der Waals surface area contributed by atoms with Gasteiger partial charge < -0.3 is 10.8 Å². The van der Waals surface area contributed by atoms with Gasteiger partial charge in [0.05, 0.1) is 6.07 Å². The molecule has 3 nitrogen and oxygen atoms in total. The quantitative estimate of drug-likeness (QED) is 0.475. The number of hydrogen-bond acceptors (Lipinski definition) is 3. The first-order valence-electron chi connectivity index (χ1n) is 4.34. The van der Waals surface area contributed by atoms with Crippen molar-refractivity contribution in [3.05, 3.63) is 11.6 Å². The summed E-state index contributed by atoms with van der Waals surface area (Å²) in [5, 5.41) is 22.6. The third kappa shape index (κ3) is 6.95. The molecule has 0 aromatic rings. The lowest BCUT2D eigenvalue weighted by Gasteiger charge is -1.98. The van der Waals surface area contributed by atoms with E-state index in [1.165, 1.54) is 6.21 Å². The van der Waals surface area contributed by atoms with Crippen molar-refractivity contribution < 1.29 is 0 Å². The van der Waals surface area contributed by atoms with E-state index in [0.29, 0.717) is 12.1 Å². The highest BCUT2D eigenvalue weighted by Crippen LogP contribution is 2.06. The molecule has 0 saturated heterocycles. The fourth-order valence-corrected chi connectivity index (χ4v) is 0.997. The third-order valence-corrected chi connectivity index (χ3v) is 1.59. The van der Waals surface area contributed by atoms with Crippen LogP contribution in [0, 0.1) is 22.1 Å². The number of rotatable bonds is 6. The molecule has 13 heavy (non-hydrogen) atoms. The first-order valence-corrected chi connectivity index (χ1v) is 4.34. The van der Waals surface area contributed by atoms with Crippen LogP contribution >= 0.6 is 0 Å². The Hall–Kier alpha value is -1.43. The molecule has 0 heterocycles. The summed E-state index contributed by atoms with van der Waals surface area (Å²) in [5.41, 5.74) is 1.34. The second-order valence-electron chi connectivity index (χ2n) is 2.91. The molecule has 0 aromatic carbocycles. The van der Waals surface area contributed by atoms with Crippen LogP contribution in [0.15, 0.2) is 11.6 Å². The Kier molecular flexibility index (Phi) is 6.44. The van der Waals surface area contributed by atoms with Gasteiger partial charge in [-0.2, -0.15) is 5.26 Å². The SMILES string of the molecule is CC(=N)/C=C(/C=N)CCCCC#N. The predicted octanol–water partition coefficient (Wildman–Crippen LogP) is 2.69. The molecule has 0 fully saturated rings. The number of hydrogen-bond donors (Lipinski definition) is 2. The molecule has 0 aliphatic heterocycles. The fourth-order valence-electron chi connectivity index (χ4n) is 0.997. The van der Waals surface area contributed by atoms with Crippen LogP contribution in [0.3, 0.4) is 0 Å². The Morgan fingerprint density at radius 3 is 2.62 bits per heavy atom. The van der Waals surface area contributed by atoms with Gasteiger partial charge >= 0.3 is 0 Å². The van der Waals surface area contributed by atoms with Gasteiger partial charge in [-0.05, 0) is 37.8 Å². The van der Waals surface area contributed by atoms with Gasteiger partial charge in [-0.15, -0.1) is 0 Å². The van der Waals surface area contributed by atoms with E-state index in [9.17, 15) is 0 Å². The minimum atomic E-state index is 0.471. The average Bonchev–Trinajstić information content (AvgIpc) is 2.09. The van der Waals surface area contributed by atoms with Crippen molar-refractivity contribution >= 4 is 11.9 Å². The Bertz CT molecular complexity index is 245. The van der Waals surface area contributed by atoms with Crippen molar-refractivity contribution in [2.75, 3.05) is 0 Å². The lowest BCUT2D eigenvalue weighted by Crippen LogP contribution is -1.90. The highest BCUT2D eigenvalue weighted by molar-refractivity contribution is 5.95. The summed E-state index contributed by atoms with van der Waals surface area (Å²) in [6, 6.07) is 2.08. The summed E-state index contributed by atoms with van der Waals surface area (Å²) < 4.78 is 0. The topological polar surface area (TPSA) is 71.5 Å². The van der Waals surface area contributed by atoms with Crippen LogP contribution in [0.2, 0.25) is 0 Å². The molecule has 0 atom stereocenters. The average molecular weight is 177 g/mol. The molecule has 0 amide bonds. The van der Waals surface area contributed by atoms with Crippen LogP contribution in [0.1, 0.15) is 32.6 Å². The second kappa shape index (κ2) is 7.23. The number of nitriles is 1. The van der Waals surface area contributed by atoms with Gasteiger partial charge in [0.1, 0.15) is 0 Å². The normalized spacial score (nSPS) is 10.6. The molecule has 0 rings (SSSR count). The van der Waals surface area contributed by atoms with E-state index in [1.54, 1.807) is 13.0 Å². The van der Waals surface area contributed by atoms with Gasteiger partial charge in [-0.25, -0.2) is 0 Å². The van der Waals surface area contributed by atoms with E-state index < -0.39 is 0 Å². The van der Waals surface area contributed by atoms with Gasteiger partial charge in [0, 0.05) is 18.3 Å². The minimum Gasteiger partial charge on any atom is -0.308 e. The van der Waals surface area contributed by atoms with Crippen molar-refractivity contribution in [2.45, 2.75) is 32.6 Å². The van der Waals surface area contributed by atoms with Crippen LogP contribution in [0.25, 0.3) is 0 Å². The van der Waals surface area contributed by atoms with E-state index in [1.807, 2.05) is 0 Å². The monoisotopic (exact) mass is 177 g/mol. The molecule has 0 aliphatic rings. The van der Waals surface area contributed by atoms with Crippen molar-refractivity contribution in [1.29, 1.82) is 16.1 Å². The van der Waals surface area contributed by atoms with Crippen molar-refractivity contribution in [1.82, 2.24) is 0 Å². The third-order valence-electron chi connectivity index (χ3n) is 1.59. The summed E-state index contributed by atoms with van der Waals surface area (Å²) in [5.74, 6) is 0. The maximum atomic E-state index is 8.29. The molecule has 0 unspecified atom stereocenters. The molecule has 0 aromatic heterocycles. The number of nitrogens with zero attached hydrogens (tertiary/aromatic N) is 1. The fraction of sp³-hybridized carbons (Fsp3) is 0.500. The lowest BCUT2D eigenvalue weighted by molar-refractivity contribution is 0.760. The maximum Gasteiger partial charge on any atom is 0.0621 e. The molecule has 0 radical (unpaired) electrons. The van der Waals surface area contributed by atoms with Crippen LogP contribution < -0.4 is 0 Å². The Morgan fingerprint density at radius 1 is 1.46 bits per heavy atom. The molecular weight excluding hydrogens is 162 g/mol. The summed E-state index contributed by atoms with van der Waals surface area (Å²) in [6.45, 7) is 1.69. The van der Waals surface area contributed by atoms with Gasteiger partial charge in [0.15, 0.2) is 0 Å². The molecule has 70 valence electrons. The highest BCUT2D eigenvalue weighted by atomic mass is 14.4. The summed E-state index contributed by atoms with van der Waals surface area (Å²) >= 11 is 0. The molecule has 2 N–H and O–H groups in total. The van der Waals surface area contributed by atoms with Gasteiger partial charge in [0.2, 0.25) is 0 Å². The maximum absolute atomic E-state index is 8.29. The zero-order valence-corrected chi connectivity index (χ0v) is 7.93. The van der Waals surface area contributed by atoms with Gasteiger partial charge in [-0.3, -0.25) is 0 Å². The van der Waals surface area contributed by atoms with Crippen molar-refractivity contribution in [3.63, 3.8) is 0 Å². The summed E-state index contributed by atoms with van der Waals surface area (Å²) in [6.07, 6.45) is 6.14. The van der Waals surface area contributed by atoms with Crippen LogP contribution in [0.5, 0.6) is 0 Å². The minimum absolute atomic E-state index is 0.471. The molecule has 0 aliphatic carbocycles. The van der Waals surface area contributed by atoms with Crippen LogP contribution in [0.4, 0.5) is 0 Å². The molecule has 0 bridgehead atoms. The van der Waals surface area contributed by atoms with Gasteiger partial charge in [-0.1, -0.05) is 0 Å². The Morgan fingerprint density at radius 2 is 2.15 bits per heavy atom. The molecule has 3 heteroatoms. The van der Waals surface area contributed by atoms with Crippen molar-refractivity contribution in [3.8, 4) is 6.07 Å². The first kappa shape index (κ1) is 11.6. The predicted molar refractivity (Wildman–Crippen MR) is 54.3 cm³/mol. The number of nitrogens with one attached hydrogen (secondary N) is 2.